The molecule has 1 heterocycles. The van der Waals surface area contributed by atoms with Crippen molar-refractivity contribution in [1.82, 2.24) is 15.1 Å². The van der Waals surface area contributed by atoms with Gasteiger partial charge in [0.2, 0.25) is 0 Å². The molecule has 0 aromatic carbocycles. The van der Waals surface area contributed by atoms with Gasteiger partial charge in [-0.05, 0) is 20.9 Å². The Morgan fingerprint density at radius 1 is 1.33 bits per heavy atom. The van der Waals surface area contributed by atoms with Gasteiger partial charge in [0.25, 0.3) is 0 Å². The number of nitrogens with one attached hydrogen (secondary N) is 1. The molecule has 15 heavy (non-hydrogen) atoms. The van der Waals surface area contributed by atoms with Gasteiger partial charge in [0.1, 0.15) is 0 Å². The number of aliphatic hydroxyl groups is 1. The van der Waals surface area contributed by atoms with Gasteiger partial charge in [-0.1, -0.05) is 0 Å². The fraction of sp³-hybridized carbons (Fsp3) is 1.00. The molecule has 2 atom stereocenters. The van der Waals surface area contributed by atoms with Crippen LogP contribution in [0.1, 0.15) is 13.8 Å². The summed E-state index contributed by atoms with van der Waals surface area (Å²) in [5, 5.41) is 12.8. The Kier molecular flexibility index (Phi) is 5.53. The highest BCUT2D eigenvalue weighted by Gasteiger charge is 2.16. The Bertz CT molecular complexity index is 169. The number of hydrogen-bond donors (Lipinski definition) is 2. The van der Waals surface area contributed by atoms with E-state index >= 15 is 0 Å². The second-order valence-corrected chi connectivity index (χ2v) is 4.55. The van der Waals surface area contributed by atoms with Crippen LogP contribution in [0.4, 0.5) is 0 Å². The first-order valence-electron chi connectivity index (χ1n) is 5.92. The minimum atomic E-state index is -0.252. The molecular weight excluding hydrogens is 190 g/mol. The Morgan fingerprint density at radius 2 is 1.93 bits per heavy atom. The van der Waals surface area contributed by atoms with E-state index in [9.17, 15) is 5.11 Å². The lowest BCUT2D eigenvalue weighted by Gasteiger charge is -2.32. The Labute approximate surface area is 93.2 Å². The number of piperazine rings is 1. The van der Waals surface area contributed by atoms with Gasteiger partial charge < -0.3 is 10.4 Å². The lowest BCUT2D eigenvalue weighted by atomic mass is 10.2. The van der Waals surface area contributed by atoms with Gasteiger partial charge in [-0.25, -0.2) is 0 Å². The van der Waals surface area contributed by atoms with E-state index in [1.165, 1.54) is 0 Å². The molecule has 1 fully saturated rings. The molecule has 1 rings (SSSR count). The molecule has 1 aliphatic heterocycles. The fourth-order valence-electron chi connectivity index (χ4n) is 1.81. The van der Waals surface area contributed by atoms with Crippen molar-refractivity contribution in [3.63, 3.8) is 0 Å². The van der Waals surface area contributed by atoms with Crippen molar-refractivity contribution in [3.8, 4) is 0 Å². The third kappa shape index (κ3) is 4.47. The molecule has 1 aliphatic rings. The van der Waals surface area contributed by atoms with Crippen LogP contribution in [-0.2, 0) is 0 Å². The van der Waals surface area contributed by atoms with Crippen LogP contribution in [0.3, 0.4) is 0 Å². The summed E-state index contributed by atoms with van der Waals surface area (Å²) in [5.74, 6) is 0. The maximum Gasteiger partial charge on any atom is 0.0664 e. The van der Waals surface area contributed by atoms with Gasteiger partial charge in [-0.15, -0.1) is 0 Å². The molecule has 0 saturated carbocycles. The molecule has 4 nitrogen and oxygen atoms in total. The highest BCUT2D eigenvalue weighted by Crippen LogP contribution is 2.01. The van der Waals surface area contributed by atoms with Crippen LogP contribution in [0, 0.1) is 0 Å². The Hall–Kier alpha value is -0.160. The average Bonchev–Trinajstić information content (AvgIpc) is 2.26. The maximum absolute atomic E-state index is 9.46. The summed E-state index contributed by atoms with van der Waals surface area (Å²) in [7, 11) is 2.08. The smallest absolute Gasteiger partial charge is 0.0664 e. The van der Waals surface area contributed by atoms with Crippen molar-refractivity contribution in [2.75, 3.05) is 46.3 Å². The van der Waals surface area contributed by atoms with E-state index in [2.05, 4.69) is 29.1 Å². The average molecular weight is 215 g/mol. The second kappa shape index (κ2) is 6.43. The molecule has 90 valence electrons. The maximum atomic E-state index is 9.46. The lowest BCUT2D eigenvalue weighted by molar-refractivity contribution is 0.0783. The normalized spacial score (nSPS) is 23.0. The van der Waals surface area contributed by atoms with Crippen LogP contribution >= 0.6 is 0 Å². The van der Waals surface area contributed by atoms with Crippen LogP contribution in [0.5, 0.6) is 0 Å². The molecule has 0 radical (unpaired) electrons. The van der Waals surface area contributed by atoms with Crippen molar-refractivity contribution in [2.24, 2.45) is 0 Å². The first-order chi connectivity index (χ1) is 7.11. The van der Waals surface area contributed by atoms with Gasteiger partial charge in [-0.2, -0.15) is 0 Å². The summed E-state index contributed by atoms with van der Waals surface area (Å²) >= 11 is 0. The van der Waals surface area contributed by atoms with Crippen LogP contribution < -0.4 is 5.32 Å². The minimum Gasteiger partial charge on any atom is -0.392 e. The first kappa shape index (κ1) is 12.9. The van der Waals surface area contributed by atoms with E-state index in [1.807, 2.05) is 6.92 Å². The monoisotopic (exact) mass is 215 g/mol. The largest absolute Gasteiger partial charge is 0.392 e. The molecule has 2 N–H and O–H groups in total. The van der Waals surface area contributed by atoms with E-state index in [0.29, 0.717) is 0 Å². The highest BCUT2D eigenvalue weighted by molar-refractivity contribution is 4.72. The Balaban J connectivity index is 2.17. The van der Waals surface area contributed by atoms with Gasteiger partial charge in [-0.3, -0.25) is 9.80 Å². The molecule has 2 unspecified atom stereocenters. The van der Waals surface area contributed by atoms with Crippen LogP contribution in [0.2, 0.25) is 0 Å². The molecule has 0 spiro atoms. The van der Waals surface area contributed by atoms with E-state index in [4.69, 9.17) is 0 Å². The Morgan fingerprint density at radius 3 is 2.47 bits per heavy atom. The number of rotatable bonds is 5. The van der Waals surface area contributed by atoms with Crippen LogP contribution in [0.15, 0.2) is 0 Å². The van der Waals surface area contributed by atoms with Crippen molar-refractivity contribution < 1.29 is 5.11 Å². The fourth-order valence-corrected chi connectivity index (χ4v) is 1.81. The summed E-state index contributed by atoms with van der Waals surface area (Å²) in [4.78, 5) is 4.70. The van der Waals surface area contributed by atoms with Gasteiger partial charge in [0, 0.05) is 45.3 Å². The zero-order valence-electron chi connectivity index (χ0n) is 10.2. The molecule has 4 heteroatoms. The van der Waals surface area contributed by atoms with Crippen molar-refractivity contribution in [1.29, 1.82) is 0 Å². The van der Waals surface area contributed by atoms with Crippen molar-refractivity contribution in [2.45, 2.75) is 26.0 Å². The molecule has 0 aromatic rings. The minimum absolute atomic E-state index is 0.243. The zero-order valence-corrected chi connectivity index (χ0v) is 10.2. The van der Waals surface area contributed by atoms with E-state index in [0.717, 1.165) is 39.3 Å². The molecule has 1 saturated heterocycles. The molecule has 0 bridgehead atoms. The van der Waals surface area contributed by atoms with Crippen molar-refractivity contribution in [3.05, 3.63) is 0 Å². The number of hydrogen-bond acceptors (Lipinski definition) is 4. The van der Waals surface area contributed by atoms with Crippen LogP contribution in [-0.4, -0.2) is 73.4 Å². The summed E-state index contributed by atoms with van der Waals surface area (Å²) in [5.41, 5.74) is 0. The highest BCUT2D eigenvalue weighted by atomic mass is 16.3. The second-order valence-electron chi connectivity index (χ2n) is 4.55. The van der Waals surface area contributed by atoms with E-state index < -0.39 is 0 Å². The van der Waals surface area contributed by atoms with Gasteiger partial charge in [0.15, 0.2) is 0 Å². The molecule has 0 aromatic heterocycles. The summed E-state index contributed by atoms with van der Waals surface area (Å²) in [6.45, 7) is 10.6. The van der Waals surface area contributed by atoms with Gasteiger partial charge >= 0.3 is 0 Å². The summed E-state index contributed by atoms with van der Waals surface area (Å²) in [6.07, 6.45) is -0.252. The topological polar surface area (TPSA) is 38.7 Å². The molecular formula is C11H25N3O. The molecule has 0 amide bonds. The third-order valence-corrected chi connectivity index (χ3v) is 3.37. The SMILES string of the molecule is CC(O)C(C)N(C)CCN1CCNCC1. The standard InChI is InChI=1S/C11H25N3O/c1-10(11(2)15)13(3)8-9-14-6-4-12-5-7-14/h10-12,15H,4-9H2,1-3H3. The zero-order chi connectivity index (χ0) is 11.3. The number of aliphatic hydroxyl groups excluding tert-OH is 1. The first-order valence-corrected chi connectivity index (χ1v) is 5.92. The molecule has 0 aliphatic carbocycles. The van der Waals surface area contributed by atoms with Crippen LogP contribution in [0.25, 0.3) is 0 Å². The quantitative estimate of drug-likeness (QED) is 0.654. The van der Waals surface area contributed by atoms with Gasteiger partial charge in [0.05, 0.1) is 6.10 Å². The predicted molar refractivity (Wildman–Crippen MR) is 63.1 cm³/mol. The van der Waals surface area contributed by atoms with E-state index in [-0.39, 0.29) is 12.1 Å². The summed E-state index contributed by atoms with van der Waals surface area (Å²) < 4.78 is 0. The number of nitrogens with zero attached hydrogens (tertiary/aromatic N) is 2. The third-order valence-electron chi connectivity index (χ3n) is 3.37. The number of likely N-dealkylation sites (N-methyl/N-ethyl adjacent to an activating group) is 1. The van der Waals surface area contributed by atoms with E-state index in [1.54, 1.807) is 0 Å². The lowest BCUT2D eigenvalue weighted by Crippen LogP contribution is -2.47. The predicted octanol–water partition coefficient (Wildman–Crippen LogP) is -0.407. The summed E-state index contributed by atoms with van der Waals surface area (Å²) in [6, 6.07) is 0.243. The van der Waals surface area contributed by atoms with Crippen molar-refractivity contribution >= 4 is 0 Å².